The zero-order valence-corrected chi connectivity index (χ0v) is 22.8. The van der Waals surface area contributed by atoms with E-state index in [1.165, 1.54) is 0 Å². The van der Waals surface area contributed by atoms with Crippen LogP contribution in [0.1, 0.15) is 35.4 Å². The van der Waals surface area contributed by atoms with Gasteiger partial charge in [-0.1, -0.05) is 0 Å². The molecule has 7 nitrogen and oxygen atoms in total. The second-order valence-corrected chi connectivity index (χ2v) is 10.9. The number of piperidine rings is 1. The fraction of sp³-hybridized carbons (Fsp3) is 0.407. The molecule has 182 valence electrons. The number of aryl methyl sites for hydroxylation is 2. The first-order valence-corrected chi connectivity index (χ1v) is 12.9. The van der Waals surface area contributed by atoms with Gasteiger partial charge < -0.3 is 19.1 Å². The number of anilines is 3. The van der Waals surface area contributed by atoms with E-state index in [0.29, 0.717) is 17.2 Å². The van der Waals surface area contributed by atoms with Gasteiger partial charge in [0.25, 0.3) is 5.56 Å². The number of hydrogen-bond donors (Lipinski definition) is 0. The molecule has 2 aromatic carbocycles. The Kier molecular flexibility index (Phi) is 6.40. The van der Waals surface area contributed by atoms with Crippen LogP contribution in [0.2, 0.25) is 0 Å². The summed E-state index contributed by atoms with van der Waals surface area (Å²) in [5.41, 5.74) is 6.59. The van der Waals surface area contributed by atoms with Crippen molar-refractivity contribution in [2.75, 3.05) is 50.1 Å². The van der Waals surface area contributed by atoms with Crippen LogP contribution >= 0.6 is 22.9 Å². The van der Waals surface area contributed by atoms with Crippen LogP contribution in [0.4, 0.5) is 17.1 Å². The van der Waals surface area contributed by atoms with Crippen molar-refractivity contribution in [1.29, 1.82) is 5.26 Å². The van der Waals surface area contributed by atoms with Crippen LogP contribution in [0.5, 0.6) is 5.75 Å². The molecule has 2 aliphatic rings. The molecule has 0 bridgehead atoms. The highest BCUT2D eigenvalue weighted by Crippen LogP contribution is 2.45. The largest absolute Gasteiger partial charge is 0.497 e. The van der Waals surface area contributed by atoms with Crippen molar-refractivity contribution in [2.45, 2.75) is 25.7 Å². The molecule has 0 atom stereocenters. The van der Waals surface area contributed by atoms with Crippen molar-refractivity contribution in [1.82, 2.24) is 7.68 Å². The highest BCUT2D eigenvalue weighted by molar-refractivity contribution is 14.1. The monoisotopic (exact) mass is 583 g/mol. The molecule has 0 saturated carbocycles. The predicted molar refractivity (Wildman–Crippen MR) is 149 cm³/mol. The molecule has 3 aromatic rings. The third-order valence-corrected chi connectivity index (χ3v) is 8.47. The highest BCUT2D eigenvalue weighted by Gasteiger charge is 2.29. The van der Waals surface area contributed by atoms with Crippen LogP contribution < -0.4 is 20.1 Å². The van der Waals surface area contributed by atoms with Crippen molar-refractivity contribution in [3.8, 4) is 11.8 Å². The van der Waals surface area contributed by atoms with E-state index >= 15 is 0 Å². The highest BCUT2D eigenvalue weighted by atomic mass is 127. The molecule has 0 N–H and O–H groups in total. The number of hydrogen-bond acceptors (Lipinski definition) is 6. The topological polar surface area (TPSA) is 64.7 Å². The number of aromatic nitrogens is 1. The Bertz CT molecular complexity index is 1400. The number of nitriles is 1. The summed E-state index contributed by atoms with van der Waals surface area (Å²) >= 11 is 2.39. The number of fused-ring (bicyclic) bond motifs is 2. The lowest BCUT2D eigenvalue weighted by Crippen LogP contribution is -2.37. The Hall–Kier alpha value is -2.77. The summed E-state index contributed by atoms with van der Waals surface area (Å²) in [6, 6.07) is 12.7. The van der Waals surface area contributed by atoms with E-state index in [-0.39, 0.29) is 5.56 Å². The van der Waals surface area contributed by atoms with Gasteiger partial charge in [0, 0.05) is 86.2 Å². The van der Waals surface area contributed by atoms with Crippen molar-refractivity contribution in [3.63, 3.8) is 0 Å². The molecule has 1 saturated heterocycles. The van der Waals surface area contributed by atoms with E-state index in [9.17, 15) is 10.1 Å². The lowest BCUT2D eigenvalue weighted by Gasteiger charge is -2.39. The SMILES string of the molecule is COc1cc(N2CCN(C)c3cc(C4CCN(I)CC4)c(C#N)cc32)c2cc(C)c(=O)n(C)c2c1. The van der Waals surface area contributed by atoms with Crippen LogP contribution in [0.25, 0.3) is 10.9 Å². The number of rotatable bonds is 3. The number of halogens is 1. The minimum Gasteiger partial charge on any atom is -0.497 e. The van der Waals surface area contributed by atoms with Crippen molar-refractivity contribution < 1.29 is 4.74 Å². The molecule has 5 rings (SSSR count). The average molecular weight is 583 g/mol. The first-order chi connectivity index (χ1) is 16.8. The van der Waals surface area contributed by atoms with Gasteiger partial charge in [0.2, 0.25) is 0 Å². The Morgan fingerprint density at radius 3 is 2.43 bits per heavy atom. The first kappa shape index (κ1) is 23.9. The molecule has 0 unspecified atom stereocenters. The van der Waals surface area contributed by atoms with Crippen molar-refractivity contribution in [3.05, 3.63) is 57.4 Å². The maximum atomic E-state index is 12.7. The molecule has 0 aliphatic carbocycles. The van der Waals surface area contributed by atoms with E-state index in [2.05, 4.69) is 61.0 Å². The maximum Gasteiger partial charge on any atom is 0.253 e. The fourth-order valence-electron chi connectivity index (χ4n) is 5.47. The van der Waals surface area contributed by atoms with Gasteiger partial charge in [0.05, 0.1) is 41.3 Å². The average Bonchev–Trinajstić information content (AvgIpc) is 2.87. The zero-order chi connectivity index (χ0) is 24.9. The Labute approximate surface area is 220 Å². The Morgan fingerprint density at radius 1 is 1.00 bits per heavy atom. The number of likely N-dealkylation sites (N-methyl/N-ethyl adjacent to an activating group) is 1. The maximum absolute atomic E-state index is 12.7. The number of benzene rings is 2. The number of ether oxygens (including phenoxy) is 1. The van der Waals surface area contributed by atoms with E-state index in [0.717, 1.165) is 78.1 Å². The molecule has 1 aromatic heterocycles. The summed E-state index contributed by atoms with van der Waals surface area (Å²) in [5, 5.41) is 11.1. The zero-order valence-electron chi connectivity index (χ0n) is 20.6. The van der Waals surface area contributed by atoms with Gasteiger partial charge >= 0.3 is 0 Å². The quantitative estimate of drug-likeness (QED) is 0.325. The summed E-state index contributed by atoms with van der Waals surface area (Å²) < 4.78 is 9.65. The molecule has 1 fully saturated rings. The Morgan fingerprint density at radius 2 is 1.74 bits per heavy atom. The standard InChI is InChI=1S/C27H30IN5O2/c1-17-11-22-23(31(3)27(17)34)13-20(35-4)14-24(22)33-10-9-30(2)25-15-21(19(16-29)12-26(25)33)18-5-7-32(28)8-6-18/h11-15,18H,5-10H2,1-4H3. The van der Waals surface area contributed by atoms with Gasteiger partial charge in [-0.15, -0.1) is 0 Å². The lowest BCUT2D eigenvalue weighted by molar-refractivity contribution is 0.368. The number of pyridine rings is 1. The summed E-state index contributed by atoms with van der Waals surface area (Å²) in [7, 11) is 5.58. The Balaban J connectivity index is 1.70. The molecule has 35 heavy (non-hydrogen) atoms. The predicted octanol–water partition coefficient (Wildman–Crippen LogP) is 4.84. The first-order valence-electron chi connectivity index (χ1n) is 12.0. The summed E-state index contributed by atoms with van der Waals surface area (Å²) in [5.74, 6) is 1.11. The van der Waals surface area contributed by atoms with Crippen LogP contribution in [-0.2, 0) is 7.05 Å². The number of nitrogens with zero attached hydrogens (tertiary/aromatic N) is 5. The van der Waals surface area contributed by atoms with Gasteiger partial charge in [0.15, 0.2) is 0 Å². The van der Waals surface area contributed by atoms with Gasteiger partial charge in [-0.2, -0.15) is 5.26 Å². The molecule has 0 amide bonds. The van der Waals surface area contributed by atoms with Crippen LogP contribution in [-0.4, -0.2) is 48.0 Å². The molecular weight excluding hydrogens is 553 g/mol. The summed E-state index contributed by atoms with van der Waals surface area (Å²) in [6.07, 6.45) is 2.13. The van der Waals surface area contributed by atoms with Crippen LogP contribution in [0.15, 0.2) is 35.1 Å². The van der Waals surface area contributed by atoms with E-state index in [1.807, 2.05) is 25.1 Å². The van der Waals surface area contributed by atoms with Crippen LogP contribution in [0, 0.1) is 18.3 Å². The molecular formula is C27H30IN5O2. The molecule has 0 radical (unpaired) electrons. The van der Waals surface area contributed by atoms with Crippen LogP contribution in [0.3, 0.4) is 0 Å². The third-order valence-electron chi connectivity index (χ3n) is 7.51. The van der Waals surface area contributed by atoms with E-state index in [1.54, 1.807) is 18.7 Å². The van der Waals surface area contributed by atoms with Gasteiger partial charge in [0.1, 0.15) is 5.75 Å². The second-order valence-electron chi connectivity index (χ2n) is 9.57. The number of methoxy groups -OCH3 is 1. The summed E-state index contributed by atoms with van der Waals surface area (Å²) in [6.45, 7) is 5.57. The third kappa shape index (κ3) is 4.15. The molecule has 8 heteroatoms. The van der Waals surface area contributed by atoms with Gasteiger partial charge in [-0.25, -0.2) is 3.11 Å². The summed E-state index contributed by atoms with van der Waals surface area (Å²) in [4.78, 5) is 17.2. The minimum atomic E-state index is -0.00978. The second kappa shape index (κ2) is 9.36. The minimum absolute atomic E-state index is 0.00978. The molecule has 3 heterocycles. The smallest absolute Gasteiger partial charge is 0.253 e. The normalized spacial score (nSPS) is 16.9. The van der Waals surface area contributed by atoms with Crippen molar-refractivity contribution >= 4 is 50.8 Å². The van der Waals surface area contributed by atoms with E-state index in [4.69, 9.17) is 4.74 Å². The molecule has 2 aliphatic heterocycles. The lowest BCUT2D eigenvalue weighted by atomic mass is 9.86. The van der Waals surface area contributed by atoms with Crippen molar-refractivity contribution in [2.24, 2.45) is 7.05 Å². The van der Waals surface area contributed by atoms with E-state index < -0.39 is 0 Å². The van der Waals surface area contributed by atoms with Gasteiger partial charge in [-0.3, -0.25) is 4.79 Å². The molecule has 0 spiro atoms. The van der Waals surface area contributed by atoms with Gasteiger partial charge in [-0.05, 0) is 49.4 Å². The fourth-order valence-corrected chi connectivity index (χ4v) is 6.02.